The fourth-order valence-corrected chi connectivity index (χ4v) is 4.03. The number of rotatable bonds is 3. The monoisotopic (exact) mass is 314 g/mol. The predicted octanol–water partition coefficient (Wildman–Crippen LogP) is 3.75. The van der Waals surface area contributed by atoms with Crippen LogP contribution in [0.4, 0.5) is 0 Å². The zero-order valence-electron chi connectivity index (χ0n) is 14.5. The van der Waals surface area contributed by atoms with E-state index in [-0.39, 0.29) is 0 Å². The summed E-state index contributed by atoms with van der Waals surface area (Å²) in [6, 6.07) is 9.13. The molecule has 0 spiro atoms. The van der Waals surface area contributed by atoms with Crippen molar-refractivity contribution in [3.63, 3.8) is 0 Å². The number of carbonyl (C=O) groups is 1. The van der Waals surface area contributed by atoms with E-state index >= 15 is 0 Å². The standard InChI is InChI=1S/C20H30N2O/c1-17-8-6-7-9-18(17)16-22-15-14-21(13-12-20(22)23)19-10-4-2-3-5-11-19/h6-9,19H,2-5,10-16H2,1H3. The normalized spacial score (nSPS) is 22.0. The van der Waals surface area contributed by atoms with Crippen LogP contribution in [0.25, 0.3) is 0 Å². The van der Waals surface area contributed by atoms with Crippen LogP contribution in [-0.4, -0.2) is 41.4 Å². The summed E-state index contributed by atoms with van der Waals surface area (Å²) < 4.78 is 0. The predicted molar refractivity (Wildman–Crippen MR) is 94.3 cm³/mol. The van der Waals surface area contributed by atoms with E-state index in [9.17, 15) is 4.79 Å². The highest BCUT2D eigenvalue weighted by atomic mass is 16.2. The molecule has 1 saturated carbocycles. The van der Waals surface area contributed by atoms with E-state index in [1.54, 1.807) is 0 Å². The maximum atomic E-state index is 12.5. The molecule has 0 bridgehead atoms. The molecule has 0 unspecified atom stereocenters. The van der Waals surface area contributed by atoms with Crippen LogP contribution in [0.15, 0.2) is 24.3 Å². The summed E-state index contributed by atoms with van der Waals surface area (Å²) in [5.74, 6) is 0.323. The molecule has 126 valence electrons. The number of aryl methyl sites for hydroxylation is 1. The van der Waals surface area contributed by atoms with Gasteiger partial charge in [0.15, 0.2) is 0 Å². The molecule has 1 aliphatic heterocycles. The summed E-state index contributed by atoms with van der Waals surface area (Å²) in [5, 5.41) is 0. The lowest BCUT2D eigenvalue weighted by Crippen LogP contribution is -2.38. The lowest BCUT2D eigenvalue weighted by Gasteiger charge is -2.29. The third kappa shape index (κ3) is 4.35. The number of benzene rings is 1. The number of amides is 1. The van der Waals surface area contributed by atoms with Gasteiger partial charge in [-0.05, 0) is 30.9 Å². The van der Waals surface area contributed by atoms with Crippen molar-refractivity contribution in [1.29, 1.82) is 0 Å². The SMILES string of the molecule is Cc1ccccc1CN1CCN(C2CCCCCC2)CCC1=O. The van der Waals surface area contributed by atoms with Crippen molar-refractivity contribution >= 4 is 5.91 Å². The molecule has 1 aromatic rings. The number of hydrogen-bond donors (Lipinski definition) is 0. The van der Waals surface area contributed by atoms with E-state index in [2.05, 4.69) is 41.0 Å². The van der Waals surface area contributed by atoms with E-state index in [0.29, 0.717) is 18.4 Å². The van der Waals surface area contributed by atoms with Gasteiger partial charge in [-0.15, -0.1) is 0 Å². The number of nitrogens with zero attached hydrogens (tertiary/aromatic N) is 2. The second-order valence-corrected chi connectivity index (χ2v) is 7.17. The van der Waals surface area contributed by atoms with Crippen LogP contribution in [0.1, 0.15) is 56.1 Å². The molecular formula is C20H30N2O. The zero-order chi connectivity index (χ0) is 16.1. The van der Waals surface area contributed by atoms with Crippen LogP contribution >= 0.6 is 0 Å². The van der Waals surface area contributed by atoms with Gasteiger partial charge in [-0.3, -0.25) is 9.69 Å². The van der Waals surface area contributed by atoms with Gasteiger partial charge in [0.1, 0.15) is 0 Å². The Hall–Kier alpha value is -1.35. The summed E-state index contributed by atoms with van der Waals surface area (Å²) in [5.41, 5.74) is 2.56. The first-order chi connectivity index (χ1) is 11.2. The molecule has 3 rings (SSSR count). The molecule has 0 aromatic heterocycles. The Bertz CT molecular complexity index is 520. The third-order valence-corrected chi connectivity index (χ3v) is 5.59. The first-order valence-electron chi connectivity index (χ1n) is 9.30. The van der Waals surface area contributed by atoms with Crippen LogP contribution in [0.2, 0.25) is 0 Å². The maximum Gasteiger partial charge on any atom is 0.224 e. The van der Waals surface area contributed by atoms with Gasteiger partial charge < -0.3 is 4.90 Å². The summed E-state index contributed by atoms with van der Waals surface area (Å²) in [4.78, 5) is 17.2. The smallest absolute Gasteiger partial charge is 0.224 e. The lowest BCUT2D eigenvalue weighted by atomic mass is 10.1. The Morgan fingerprint density at radius 3 is 2.48 bits per heavy atom. The van der Waals surface area contributed by atoms with E-state index in [0.717, 1.165) is 26.2 Å². The highest BCUT2D eigenvalue weighted by molar-refractivity contribution is 5.76. The van der Waals surface area contributed by atoms with Crippen LogP contribution in [0, 0.1) is 6.92 Å². The summed E-state index contributed by atoms with van der Waals surface area (Å²) in [7, 11) is 0. The largest absolute Gasteiger partial charge is 0.337 e. The van der Waals surface area contributed by atoms with Crippen molar-refractivity contribution in [3.8, 4) is 0 Å². The van der Waals surface area contributed by atoms with E-state index in [1.807, 2.05) is 0 Å². The second kappa shape index (κ2) is 7.96. The molecule has 2 fully saturated rings. The van der Waals surface area contributed by atoms with E-state index in [4.69, 9.17) is 0 Å². The van der Waals surface area contributed by atoms with Gasteiger partial charge in [0, 0.05) is 38.6 Å². The van der Waals surface area contributed by atoms with Gasteiger partial charge in [0.05, 0.1) is 0 Å². The Morgan fingerprint density at radius 2 is 1.74 bits per heavy atom. The molecule has 23 heavy (non-hydrogen) atoms. The molecule has 1 saturated heterocycles. The van der Waals surface area contributed by atoms with Crippen LogP contribution < -0.4 is 0 Å². The van der Waals surface area contributed by atoms with Crippen molar-refractivity contribution in [2.45, 2.75) is 64.5 Å². The minimum atomic E-state index is 0.323. The molecule has 2 aliphatic rings. The molecule has 1 heterocycles. The minimum Gasteiger partial charge on any atom is -0.337 e. The van der Waals surface area contributed by atoms with Gasteiger partial charge in [-0.1, -0.05) is 49.9 Å². The Balaban J connectivity index is 1.61. The van der Waals surface area contributed by atoms with E-state index in [1.165, 1.54) is 49.7 Å². The molecule has 0 radical (unpaired) electrons. The highest BCUT2D eigenvalue weighted by Gasteiger charge is 2.26. The van der Waals surface area contributed by atoms with E-state index < -0.39 is 0 Å². The molecule has 3 nitrogen and oxygen atoms in total. The van der Waals surface area contributed by atoms with Crippen molar-refractivity contribution in [1.82, 2.24) is 9.80 Å². The summed E-state index contributed by atoms with van der Waals surface area (Å²) in [6.45, 7) is 5.78. The average Bonchev–Trinajstić information content (AvgIpc) is 2.92. The van der Waals surface area contributed by atoms with Gasteiger partial charge in [-0.25, -0.2) is 0 Å². The zero-order valence-corrected chi connectivity index (χ0v) is 14.5. The molecule has 0 atom stereocenters. The number of carbonyl (C=O) groups excluding carboxylic acids is 1. The Labute approximate surface area is 140 Å². The first-order valence-corrected chi connectivity index (χ1v) is 9.30. The fraction of sp³-hybridized carbons (Fsp3) is 0.650. The maximum absolute atomic E-state index is 12.5. The molecular weight excluding hydrogens is 284 g/mol. The van der Waals surface area contributed by atoms with Gasteiger partial charge in [0.2, 0.25) is 5.91 Å². The van der Waals surface area contributed by atoms with Crippen molar-refractivity contribution < 1.29 is 4.79 Å². The first kappa shape index (κ1) is 16.5. The topological polar surface area (TPSA) is 23.6 Å². The number of hydrogen-bond acceptors (Lipinski definition) is 2. The lowest BCUT2D eigenvalue weighted by molar-refractivity contribution is -0.130. The summed E-state index contributed by atoms with van der Waals surface area (Å²) >= 11 is 0. The van der Waals surface area contributed by atoms with Crippen molar-refractivity contribution in [3.05, 3.63) is 35.4 Å². The van der Waals surface area contributed by atoms with Gasteiger partial charge in [0.25, 0.3) is 0 Å². The van der Waals surface area contributed by atoms with Gasteiger partial charge in [-0.2, -0.15) is 0 Å². The van der Waals surface area contributed by atoms with Gasteiger partial charge >= 0.3 is 0 Å². The second-order valence-electron chi connectivity index (χ2n) is 7.17. The van der Waals surface area contributed by atoms with Crippen LogP contribution in [0.5, 0.6) is 0 Å². The molecule has 1 aliphatic carbocycles. The summed E-state index contributed by atoms with van der Waals surface area (Å²) in [6.07, 6.45) is 8.84. The quantitative estimate of drug-likeness (QED) is 0.793. The highest BCUT2D eigenvalue weighted by Crippen LogP contribution is 2.23. The Kier molecular flexibility index (Phi) is 5.71. The average molecular weight is 314 g/mol. The minimum absolute atomic E-state index is 0.323. The molecule has 1 amide bonds. The van der Waals surface area contributed by atoms with Crippen molar-refractivity contribution in [2.24, 2.45) is 0 Å². The third-order valence-electron chi connectivity index (χ3n) is 5.59. The molecule has 1 aromatic carbocycles. The molecule has 0 N–H and O–H groups in total. The van der Waals surface area contributed by atoms with Crippen LogP contribution in [-0.2, 0) is 11.3 Å². The van der Waals surface area contributed by atoms with Crippen molar-refractivity contribution in [2.75, 3.05) is 19.6 Å². The Morgan fingerprint density at radius 1 is 1.00 bits per heavy atom. The fourth-order valence-electron chi connectivity index (χ4n) is 4.03. The van der Waals surface area contributed by atoms with Crippen LogP contribution in [0.3, 0.4) is 0 Å². The molecule has 3 heteroatoms.